The number of nitrogens with two attached hydrogens (primary N) is 1. The van der Waals surface area contributed by atoms with Crippen molar-refractivity contribution in [2.45, 2.75) is 0 Å². The molecule has 1 aromatic carbocycles. The highest BCUT2D eigenvalue weighted by molar-refractivity contribution is 5.98. The fourth-order valence-electron chi connectivity index (χ4n) is 2.56. The molecule has 1 aliphatic heterocycles. The highest BCUT2D eigenvalue weighted by atomic mass is 35.5. The summed E-state index contributed by atoms with van der Waals surface area (Å²) in [5.74, 6) is -0.0340. The fourth-order valence-corrected chi connectivity index (χ4v) is 2.56. The number of hydrogen-bond donors (Lipinski definition) is 1. The third-order valence-corrected chi connectivity index (χ3v) is 3.77. The number of amides is 1. The number of hydrogen-bond acceptors (Lipinski definition) is 4. The van der Waals surface area contributed by atoms with E-state index in [1.54, 1.807) is 18.5 Å². The van der Waals surface area contributed by atoms with Gasteiger partial charge in [-0.25, -0.2) is 0 Å². The van der Waals surface area contributed by atoms with Crippen molar-refractivity contribution < 1.29 is 4.79 Å². The molecule has 0 atom stereocenters. The molecule has 1 aliphatic rings. The molecular weight excluding hydrogens is 335 g/mol. The van der Waals surface area contributed by atoms with E-state index in [1.165, 1.54) is 5.69 Å². The van der Waals surface area contributed by atoms with Crippen LogP contribution in [0.2, 0.25) is 0 Å². The molecule has 3 rings (SSSR count). The number of piperazine rings is 1. The van der Waals surface area contributed by atoms with Gasteiger partial charge >= 0.3 is 0 Å². The van der Waals surface area contributed by atoms with Gasteiger partial charge in [0.25, 0.3) is 5.91 Å². The first-order valence-corrected chi connectivity index (χ1v) is 7.04. The molecule has 2 aromatic rings. The normalized spacial score (nSPS) is 13.7. The maximum Gasteiger partial charge on any atom is 0.257 e. The maximum absolute atomic E-state index is 12.5. The largest absolute Gasteiger partial charge is 0.398 e. The van der Waals surface area contributed by atoms with Crippen molar-refractivity contribution in [3.05, 3.63) is 54.4 Å². The number of nitrogens with zero attached hydrogens (tertiary/aromatic N) is 3. The molecule has 0 bridgehead atoms. The number of nitrogen functional groups attached to an aromatic ring is 1. The standard InChI is InChI=1S/C16H18N4O.2ClH/c17-15-6-7-18-12-14(15)16(21)20-10-8-19(9-11-20)13-4-2-1-3-5-13;;/h1-7,12H,8-11H2,(H2,17,18);2*1H. The Morgan fingerprint density at radius 3 is 2.26 bits per heavy atom. The minimum Gasteiger partial charge on any atom is -0.398 e. The summed E-state index contributed by atoms with van der Waals surface area (Å²) in [5, 5.41) is 0. The Labute approximate surface area is 148 Å². The number of benzene rings is 1. The Morgan fingerprint density at radius 1 is 1.00 bits per heavy atom. The van der Waals surface area contributed by atoms with E-state index in [0.717, 1.165) is 13.1 Å². The summed E-state index contributed by atoms with van der Waals surface area (Å²) in [7, 11) is 0. The van der Waals surface area contributed by atoms with Crippen LogP contribution in [0.5, 0.6) is 0 Å². The number of carbonyl (C=O) groups is 1. The molecule has 23 heavy (non-hydrogen) atoms. The van der Waals surface area contributed by atoms with Crippen LogP contribution in [-0.2, 0) is 0 Å². The molecule has 0 saturated carbocycles. The molecule has 0 unspecified atom stereocenters. The van der Waals surface area contributed by atoms with Crippen LogP contribution in [-0.4, -0.2) is 42.0 Å². The van der Waals surface area contributed by atoms with Crippen LogP contribution in [0.25, 0.3) is 0 Å². The summed E-state index contributed by atoms with van der Waals surface area (Å²) in [5.41, 5.74) is 8.03. The average Bonchev–Trinajstić information content (AvgIpc) is 2.56. The molecule has 0 spiro atoms. The summed E-state index contributed by atoms with van der Waals surface area (Å²) >= 11 is 0. The zero-order valence-electron chi connectivity index (χ0n) is 12.6. The third-order valence-electron chi connectivity index (χ3n) is 3.77. The van der Waals surface area contributed by atoms with Gasteiger partial charge in [-0.2, -0.15) is 0 Å². The molecular formula is C16H20Cl2N4O. The van der Waals surface area contributed by atoms with E-state index in [2.05, 4.69) is 22.0 Å². The predicted octanol–water partition coefficient (Wildman–Crippen LogP) is 2.47. The summed E-state index contributed by atoms with van der Waals surface area (Å²) < 4.78 is 0. The van der Waals surface area contributed by atoms with E-state index in [9.17, 15) is 4.79 Å². The summed E-state index contributed by atoms with van der Waals surface area (Å²) in [6.45, 7) is 3.05. The maximum atomic E-state index is 12.5. The Balaban J connectivity index is 0.00000132. The Hall–Kier alpha value is -1.98. The van der Waals surface area contributed by atoms with Gasteiger partial charge in [0.1, 0.15) is 0 Å². The average molecular weight is 355 g/mol. The smallest absolute Gasteiger partial charge is 0.257 e. The Morgan fingerprint density at radius 2 is 1.65 bits per heavy atom. The second-order valence-corrected chi connectivity index (χ2v) is 5.08. The van der Waals surface area contributed by atoms with E-state index < -0.39 is 0 Å². The first-order valence-electron chi connectivity index (χ1n) is 7.04. The lowest BCUT2D eigenvalue weighted by Gasteiger charge is -2.36. The summed E-state index contributed by atoms with van der Waals surface area (Å²) in [6.07, 6.45) is 3.14. The number of carbonyl (C=O) groups excluding carboxylic acids is 1. The minimum atomic E-state index is -0.0340. The van der Waals surface area contributed by atoms with Crippen LogP contribution in [0.4, 0.5) is 11.4 Å². The van der Waals surface area contributed by atoms with Gasteiger partial charge in [-0.05, 0) is 18.2 Å². The van der Waals surface area contributed by atoms with Gasteiger partial charge in [-0.15, -0.1) is 24.8 Å². The predicted molar refractivity (Wildman–Crippen MR) is 97.7 cm³/mol. The lowest BCUT2D eigenvalue weighted by atomic mass is 10.2. The zero-order chi connectivity index (χ0) is 14.7. The molecule has 0 radical (unpaired) electrons. The lowest BCUT2D eigenvalue weighted by Crippen LogP contribution is -2.48. The van der Waals surface area contributed by atoms with Crippen molar-refractivity contribution in [3.8, 4) is 0 Å². The molecule has 7 heteroatoms. The van der Waals surface area contributed by atoms with Crippen molar-refractivity contribution in [3.63, 3.8) is 0 Å². The van der Waals surface area contributed by atoms with Crippen molar-refractivity contribution in [2.75, 3.05) is 36.8 Å². The quantitative estimate of drug-likeness (QED) is 0.899. The lowest BCUT2D eigenvalue weighted by molar-refractivity contribution is 0.0747. The molecule has 1 amide bonds. The Kier molecular flexibility index (Phi) is 7.13. The molecule has 5 nitrogen and oxygen atoms in total. The minimum absolute atomic E-state index is 0. The van der Waals surface area contributed by atoms with Gasteiger partial charge in [0, 0.05) is 49.9 Å². The number of anilines is 2. The topological polar surface area (TPSA) is 62.5 Å². The van der Waals surface area contributed by atoms with Crippen LogP contribution in [0, 0.1) is 0 Å². The van der Waals surface area contributed by atoms with Gasteiger partial charge < -0.3 is 15.5 Å². The van der Waals surface area contributed by atoms with Crippen LogP contribution >= 0.6 is 24.8 Å². The van der Waals surface area contributed by atoms with Crippen LogP contribution in [0.3, 0.4) is 0 Å². The van der Waals surface area contributed by atoms with Gasteiger partial charge in [0.05, 0.1) is 5.56 Å². The molecule has 1 aromatic heterocycles. The molecule has 124 valence electrons. The van der Waals surface area contributed by atoms with E-state index in [0.29, 0.717) is 24.3 Å². The molecule has 1 fully saturated rings. The van der Waals surface area contributed by atoms with Crippen LogP contribution in [0.1, 0.15) is 10.4 Å². The molecule has 2 heterocycles. The fraction of sp³-hybridized carbons (Fsp3) is 0.250. The number of aromatic nitrogens is 1. The Bertz CT molecular complexity index is 631. The third kappa shape index (κ3) is 4.27. The molecule has 0 aliphatic carbocycles. The van der Waals surface area contributed by atoms with Crippen molar-refractivity contribution in [2.24, 2.45) is 0 Å². The van der Waals surface area contributed by atoms with Gasteiger partial charge in [-0.1, -0.05) is 18.2 Å². The van der Waals surface area contributed by atoms with Crippen molar-refractivity contribution in [1.82, 2.24) is 9.88 Å². The first kappa shape index (κ1) is 19.1. The van der Waals surface area contributed by atoms with Gasteiger partial charge in [0.2, 0.25) is 0 Å². The van der Waals surface area contributed by atoms with E-state index >= 15 is 0 Å². The van der Waals surface area contributed by atoms with Gasteiger partial charge in [-0.3, -0.25) is 9.78 Å². The monoisotopic (exact) mass is 354 g/mol. The van der Waals surface area contributed by atoms with E-state index in [1.807, 2.05) is 23.1 Å². The van der Waals surface area contributed by atoms with Gasteiger partial charge in [0.15, 0.2) is 0 Å². The molecule has 2 N–H and O–H groups in total. The number of pyridine rings is 1. The number of halogens is 2. The van der Waals surface area contributed by atoms with E-state index in [-0.39, 0.29) is 30.7 Å². The highest BCUT2D eigenvalue weighted by Crippen LogP contribution is 2.18. The zero-order valence-corrected chi connectivity index (χ0v) is 14.2. The summed E-state index contributed by atoms with van der Waals surface area (Å²) in [4.78, 5) is 20.6. The highest BCUT2D eigenvalue weighted by Gasteiger charge is 2.23. The van der Waals surface area contributed by atoms with E-state index in [4.69, 9.17) is 5.73 Å². The first-order chi connectivity index (χ1) is 10.3. The second-order valence-electron chi connectivity index (χ2n) is 5.08. The SMILES string of the molecule is Cl.Cl.Nc1ccncc1C(=O)N1CCN(c2ccccc2)CC1. The van der Waals surface area contributed by atoms with Crippen LogP contribution in [0.15, 0.2) is 48.8 Å². The summed E-state index contributed by atoms with van der Waals surface area (Å²) in [6, 6.07) is 11.9. The van der Waals surface area contributed by atoms with Crippen LogP contribution < -0.4 is 10.6 Å². The van der Waals surface area contributed by atoms with Crippen molar-refractivity contribution in [1.29, 1.82) is 0 Å². The van der Waals surface area contributed by atoms with Crippen molar-refractivity contribution >= 4 is 42.1 Å². The number of rotatable bonds is 2. The number of para-hydroxylation sites is 1. The second kappa shape index (κ2) is 8.60. The molecule has 1 saturated heterocycles.